The van der Waals surface area contributed by atoms with Gasteiger partial charge in [0.2, 0.25) is 0 Å². The molecule has 104 valence electrons. The van der Waals surface area contributed by atoms with Crippen LogP contribution in [0.2, 0.25) is 0 Å². The van der Waals surface area contributed by atoms with Crippen molar-refractivity contribution in [2.45, 2.75) is 39.2 Å². The van der Waals surface area contributed by atoms with Gasteiger partial charge in [-0.05, 0) is 49.9 Å². The van der Waals surface area contributed by atoms with E-state index in [1.165, 1.54) is 24.8 Å². The molecule has 1 saturated heterocycles. The highest BCUT2D eigenvalue weighted by atomic mass is 16.5. The maximum Gasteiger partial charge on any atom is 0.127 e. The smallest absolute Gasteiger partial charge is 0.127 e. The minimum Gasteiger partial charge on any atom is -0.508 e. The van der Waals surface area contributed by atoms with Crippen LogP contribution < -0.4 is 4.74 Å². The Labute approximate surface area is 115 Å². The topological polar surface area (TPSA) is 32.7 Å². The highest BCUT2D eigenvalue weighted by Gasteiger charge is 2.32. The van der Waals surface area contributed by atoms with Crippen molar-refractivity contribution in [3.8, 4) is 11.5 Å². The Morgan fingerprint density at radius 3 is 2.95 bits per heavy atom. The zero-order valence-electron chi connectivity index (χ0n) is 11.9. The molecule has 1 atom stereocenters. The van der Waals surface area contributed by atoms with Gasteiger partial charge >= 0.3 is 0 Å². The van der Waals surface area contributed by atoms with Crippen molar-refractivity contribution in [1.29, 1.82) is 0 Å². The summed E-state index contributed by atoms with van der Waals surface area (Å²) in [5.74, 6) is 1.14. The van der Waals surface area contributed by atoms with Crippen LogP contribution in [-0.2, 0) is 0 Å². The molecule has 3 heteroatoms. The van der Waals surface area contributed by atoms with Gasteiger partial charge in [-0.15, -0.1) is 0 Å². The number of ether oxygens (including phenoxy) is 1. The first-order valence-corrected chi connectivity index (χ1v) is 7.25. The van der Waals surface area contributed by atoms with Crippen LogP contribution in [0.1, 0.15) is 44.7 Å². The zero-order chi connectivity index (χ0) is 13.5. The van der Waals surface area contributed by atoms with Crippen LogP contribution in [0.5, 0.6) is 11.5 Å². The van der Waals surface area contributed by atoms with E-state index in [-0.39, 0.29) is 5.75 Å². The molecule has 1 fully saturated rings. The molecule has 0 aromatic heterocycles. The first kappa shape index (κ1) is 12.8. The lowest BCUT2D eigenvalue weighted by Gasteiger charge is -2.27. The Morgan fingerprint density at radius 2 is 2.11 bits per heavy atom. The molecule has 1 aromatic rings. The van der Waals surface area contributed by atoms with Gasteiger partial charge in [0.05, 0.1) is 6.04 Å². The summed E-state index contributed by atoms with van der Waals surface area (Å²) >= 11 is 0. The maximum absolute atomic E-state index is 9.51. The second-order valence-electron chi connectivity index (χ2n) is 6.60. The molecule has 1 aromatic carbocycles. The van der Waals surface area contributed by atoms with E-state index in [4.69, 9.17) is 4.74 Å². The number of phenolic OH excluding ortho intramolecular Hbond substituents is 1. The summed E-state index contributed by atoms with van der Waals surface area (Å²) in [4.78, 5) is 2.55. The van der Waals surface area contributed by atoms with Gasteiger partial charge in [-0.1, -0.05) is 13.8 Å². The predicted molar refractivity (Wildman–Crippen MR) is 75.5 cm³/mol. The van der Waals surface area contributed by atoms with Crippen molar-refractivity contribution in [2.75, 3.05) is 19.7 Å². The van der Waals surface area contributed by atoms with Crippen LogP contribution in [0.4, 0.5) is 0 Å². The molecule has 2 heterocycles. The van der Waals surface area contributed by atoms with Crippen LogP contribution in [0.3, 0.4) is 0 Å². The maximum atomic E-state index is 9.51. The SMILES string of the molecule is CC1(C)CCCN(C2COc3cc(O)ccc32)CC1. The quantitative estimate of drug-likeness (QED) is 0.841. The molecule has 0 bridgehead atoms. The predicted octanol–water partition coefficient (Wildman–Crippen LogP) is 3.34. The highest BCUT2D eigenvalue weighted by molar-refractivity contribution is 5.44. The van der Waals surface area contributed by atoms with E-state index in [2.05, 4.69) is 18.7 Å². The molecule has 3 nitrogen and oxygen atoms in total. The molecule has 2 aliphatic heterocycles. The summed E-state index contributed by atoms with van der Waals surface area (Å²) < 4.78 is 5.74. The van der Waals surface area contributed by atoms with Gasteiger partial charge in [-0.25, -0.2) is 0 Å². The molecule has 3 rings (SSSR count). The van der Waals surface area contributed by atoms with Crippen LogP contribution >= 0.6 is 0 Å². The van der Waals surface area contributed by atoms with Gasteiger partial charge in [-0.3, -0.25) is 4.90 Å². The van der Waals surface area contributed by atoms with E-state index in [1.807, 2.05) is 6.07 Å². The number of likely N-dealkylation sites (tertiary alicyclic amines) is 1. The van der Waals surface area contributed by atoms with E-state index in [9.17, 15) is 5.11 Å². The molecule has 2 aliphatic rings. The van der Waals surface area contributed by atoms with Crippen LogP contribution in [0, 0.1) is 5.41 Å². The summed E-state index contributed by atoms with van der Waals surface area (Å²) in [6.45, 7) is 7.75. The third-order valence-corrected chi connectivity index (χ3v) is 4.57. The number of fused-ring (bicyclic) bond motifs is 1. The lowest BCUT2D eigenvalue weighted by Crippen LogP contribution is -2.31. The standard InChI is InChI=1S/C16H23NO2/c1-16(2)6-3-8-17(9-7-16)14-11-19-15-10-12(18)4-5-13(14)15/h4-5,10,14,18H,3,6-9,11H2,1-2H3. The average Bonchev–Trinajstić information content (AvgIpc) is 2.67. The molecule has 0 radical (unpaired) electrons. The van der Waals surface area contributed by atoms with Crippen LogP contribution in [0.15, 0.2) is 18.2 Å². The summed E-state index contributed by atoms with van der Waals surface area (Å²) in [5, 5.41) is 9.51. The zero-order valence-corrected chi connectivity index (χ0v) is 11.9. The molecule has 0 saturated carbocycles. The Bertz CT molecular complexity index is 470. The number of nitrogens with zero attached hydrogens (tertiary/aromatic N) is 1. The van der Waals surface area contributed by atoms with Crippen molar-refractivity contribution in [3.05, 3.63) is 23.8 Å². The lowest BCUT2D eigenvalue weighted by atomic mass is 9.85. The molecule has 1 unspecified atom stereocenters. The summed E-state index contributed by atoms with van der Waals surface area (Å²) in [5.41, 5.74) is 1.70. The van der Waals surface area contributed by atoms with Gasteiger partial charge in [0.25, 0.3) is 0 Å². The second kappa shape index (κ2) is 4.71. The fraction of sp³-hybridized carbons (Fsp3) is 0.625. The minimum atomic E-state index is 0.288. The average molecular weight is 261 g/mol. The Kier molecular flexibility index (Phi) is 3.17. The molecule has 0 spiro atoms. The van der Waals surface area contributed by atoms with E-state index in [0.29, 0.717) is 11.5 Å². The van der Waals surface area contributed by atoms with Gasteiger partial charge in [0.1, 0.15) is 18.1 Å². The van der Waals surface area contributed by atoms with E-state index in [1.54, 1.807) is 12.1 Å². The first-order valence-electron chi connectivity index (χ1n) is 7.25. The van der Waals surface area contributed by atoms with Crippen LogP contribution in [-0.4, -0.2) is 29.7 Å². The van der Waals surface area contributed by atoms with Crippen molar-refractivity contribution >= 4 is 0 Å². The largest absolute Gasteiger partial charge is 0.508 e. The van der Waals surface area contributed by atoms with Crippen molar-refractivity contribution < 1.29 is 9.84 Å². The molecular formula is C16H23NO2. The Morgan fingerprint density at radius 1 is 1.26 bits per heavy atom. The summed E-state index contributed by atoms with van der Waals surface area (Å²) in [6.07, 6.45) is 3.81. The molecule has 0 aliphatic carbocycles. The van der Waals surface area contributed by atoms with E-state index >= 15 is 0 Å². The van der Waals surface area contributed by atoms with Crippen LogP contribution in [0.25, 0.3) is 0 Å². The minimum absolute atomic E-state index is 0.288. The van der Waals surface area contributed by atoms with Gasteiger partial charge < -0.3 is 9.84 Å². The Balaban J connectivity index is 1.78. The van der Waals surface area contributed by atoms with Gasteiger partial charge in [-0.2, -0.15) is 0 Å². The number of hydrogen-bond donors (Lipinski definition) is 1. The number of rotatable bonds is 1. The third-order valence-electron chi connectivity index (χ3n) is 4.57. The monoisotopic (exact) mass is 261 g/mol. The molecule has 1 N–H and O–H groups in total. The van der Waals surface area contributed by atoms with Crippen molar-refractivity contribution in [3.63, 3.8) is 0 Å². The molecule has 19 heavy (non-hydrogen) atoms. The van der Waals surface area contributed by atoms with E-state index in [0.717, 1.165) is 25.4 Å². The fourth-order valence-corrected chi connectivity index (χ4v) is 3.24. The van der Waals surface area contributed by atoms with Gasteiger partial charge in [0.15, 0.2) is 0 Å². The first-order chi connectivity index (χ1) is 9.05. The van der Waals surface area contributed by atoms with Crippen molar-refractivity contribution in [1.82, 2.24) is 4.90 Å². The van der Waals surface area contributed by atoms with Crippen molar-refractivity contribution in [2.24, 2.45) is 5.41 Å². The number of phenols is 1. The molecular weight excluding hydrogens is 238 g/mol. The normalized spacial score (nSPS) is 26.5. The fourth-order valence-electron chi connectivity index (χ4n) is 3.24. The third kappa shape index (κ3) is 2.57. The second-order valence-corrected chi connectivity index (χ2v) is 6.60. The number of benzene rings is 1. The van der Waals surface area contributed by atoms with Gasteiger partial charge in [0, 0.05) is 11.6 Å². The Hall–Kier alpha value is -1.22. The summed E-state index contributed by atoms with van der Waals surface area (Å²) in [7, 11) is 0. The highest BCUT2D eigenvalue weighted by Crippen LogP contribution is 2.40. The number of hydrogen-bond acceptors (Lipinski definition) is 3. The molecule has 0 amide bonds. The lowest BCUT2D eigenvalue weighted by molar-refractivity contribution is 0.162. The summed E-state index contributed by atoms with van der Waals surface area (Å²) in [6, 6.07) is 5.88. The number of aromatic hydroxyl groups is 1. The van der Waals surface area contributed by atoms with E-state index < -0.39 is 0 Å².